The molecule has 0 N–H and O–H groups in total. The van der Waals surface area contributed by atoms with Gasteiger partial charge in [-0.15, -0.1) is 0 Å². The number of hydrogen-bond donors (Lipinski definition) is 0. The fourth-order valence-corrected chi connectivity index (χ4v) is 10.7. The molecule has 63 heavy (non-hydrogen) atoms. The Kier molecular flexibility index (Phi) is 8.90. The Morgan fingerprint density at radius 2 is 0.968 bits per heavy atom. The highest BCUT2D eigenvalue weighted by Crippen LogP contribution is 2.60. The minimum Gasteiger partial charge on any atom is -0.310 e. The summed E-state index contributed by atoms with van der Waals surface area (Å²) in [5.74, 6) is 0.186. The largest absolute Gasteiger partial charge is 0.310 e. The smallest absolute Gasteiger partial charge is 0.0543 e. The van der Waals surface area contributed by atoms with E-state index in [1.807, 2.05) is 0 Å². The van der Waals surface area contributed by atoms with Crippen molar-refractivity contribution in [3.8, 4) is 39.1 Å². The fourth-order valence-electron chi connectivity index (χ4n) is 10.7. The Bertz CT molecular complexity index is 3290. The molecule has 0 fully saturated rings. The number of nitrogens with zero attached hydrogens (tertiary/aromatic N) is 2. The predicted octanol–water partition coefficient (Wildman–Crippen LogP) is 16.0. The summed E-state index contributed by atoms with van der Waals surface area (Å²) in [6.07, 6.45) is 10.2. The summed E-state index contributed by atoms with van der Waals surface area (Å²) in [4.78, 5) is 2.42. The van der Waals surface area contributed by atoms with Gasteiger partial charge < -0.3 is 9.47 Å². The Hall–Kier alpha value is -7.94. The highest BCUT2D eigenvalue weighted by atomic mass is 15.1. The molecule has 0 radical (unpaired) electrons. The van der Waals surface area contributed by atoms with Crippen molar-refractivity contribution < 1.29 is 0 Å². The average molecular weight is 805 g/mol. The van der Waals surface area contributed by atoms with Crippen LogP contribution in [-0.4, -0.2) is 4.57 Å². The molecule has 0 bridgehead atoms. The maximum Gasteiger partial charge on any atom is 0.0543 e. The summed E-state index contributed by atoms with van der Waals surface area (Å²) in [5, 5.41) is 2.53. The number of hydrogen-bond acceptors (Lipinski definition) is 1. The molecule has 0 amide bonds. The number of fused-ring (bicyclic) bond motifs is 6. The molecule has 2 atom stereocenters. The average Bonchev–Trinajstić information content (AvgIpc) is 3.86. The maximum absolute atomic E-state index is 2.51. The Labute approximate surface area is 369 Å². The molecule has 1 aromatic heterocycles. The van der Waals surface area contributed by atoms with Crippen molar-refractivity contribution in [3.63, 3.8) is 0 Å². The molecule has 2 aliphatic carbocycles. The van der Waals surface area contributed by atoms with E-state index in [0.29, 0.717) is 0 Å². The van der Waals surface area contributed by atoms with E-state index >= 15 is 0 Å². The molecule has 2 unspecified atom stereocenters. The Balaban J connectivity index is 1.06. The first kappa shape index (κ1) is 36.9. The van der Waals surface area contributed by atoms with Crippen LogP contribution in [0.1, 0.15) is 23.1 Å². The van der Waals surface area contributed by atoms with Gasteiger partial charge in [-0.3, -0.25) is 0 Å². The maximum atomic E-state index is 2.51. The monoisotopic (exact) mass is 804 g/mol. The third-order valence-corrected chi connectivity index (χ3v) is 13.5. The lowest BCUT2D eigenvalue weighted by atomic mass is 9.62. The number of rotatable bonds is 8. The van der Waals surface area contributed by atoms with Crippen LogP contribution in [0.4, 0.5) is 17.1 Å². The first-order valence-corrected chi connectivity index (χ1v) is 22.0. The summed E-state index contributed by atoms with van der Waals surface area (Å²) < 4.78 is 2.51. The second-order valence-corrected chi connectivity index (χ2v) is 16.8. The van der Waals surface area contributed by atoms with Crippen molar-refractivity contribution in [2.45, 2.75) is 11.8 Å². The van der Waals surface area contributed by atoms with Crippen LogP contribution in [0.5, 0.6) is 0 Å². The second kappa shape index (κ2) is 15.2. The fraction of sp³-hybridized carbons (Fsp3) is 0.0492. The van der Waals surface area contributed by atoms with Gasteiger partial charge in [0, 0.05) is 33.4 Å². The lowest BCUT2D eigenvalue weighted by Crippen LogP contribution is -2.35. The number of allylic oxidation sites excluding steroid dienone is 4. The Morgan fingerprint density at radius 1 is 0.429 bits per heavy atom. The van der Waals surface area contributed by atoms with Gasteiger partial charge in [-0.2, -0.15) is 0 Å². The van der Waals surface area contributed by atoms with E-state index < -0.39 is 5.41 Å². The minimum atomic E-state index is -0.462. The molecular formula is C61H44N2. The molecule has 298 valence electrons. The van der Waals surface area contributed by atoms with Gasteiger partial charge in [0.2, 0.25) is 0 Å². The number of para-hydroxylation sites is 3. The number of benzene rings is 9. The second-order valence-electron chi connectivity index (χ2n) is 16.8. The van der Waals surface area contributed by atoms with Gasteiger partial charge in [0.1, 0.15) is 0 Å². The molecule has 9 aromatic carbocycles. The molecule has 0 spiro atoms. The van der Waals surface area contributed by atoms with Gasteiger partial charge in [0.25, 0.3) is 0 Å². The lowest BCUT2D eigenvalue weighted by molar-refractivity contribution is 0.457. The highest BCUT2D eigenvalue weighted by molar-refractivity contribution is 6.10. The van der Waals surface area contributed by atoms with E-state index in [1.54, 1.807) is 0 Å². The summed E-state index contributed by atoms with van der Waals surface area (Å²) in [6.45, 7) is 0. The van der Waals surface area contributed by atoms with E-state index in [0.717, 1.165) is 23.5 Å². The van der Waals surface area contributed by atoms with Crippen LogP contribution < -0.4 is 4.90 Å². The van der Waals surface area contributed by atoms with Gasteiger partial charge in [-0.25, -0.2) is 0 Å². The van der Waals surface area contributed by atoms with Gasteiger partial charge in [-0.1, -0.05) is 194 Å². The van der Waals surface area contributed by atoms with E-state index in [4.69, 9.17) is 0 Å². The summed E-state index contributed by atoms with van der Waals surface area (Å²) in [7, 11) is 0. The minimum absolute atomic E-state index is 0.186. The summed E-state index contributed by atoms with van der Waals surface area (Å²) >= 11 is 0. The molecule has 2 nitrogen and oxygen atoms in total. The summed E-state index contributed by atoms with van der Waals surface area (Å²) in [6, 6.07) is 82.7. The van der Waals surface area contributed by atoms with Crippen LogP contribution in [0.25, 0.3) is 60.9 Å². The van der Waals surface area contributed by atoms with E-state index in [2.05, 4.69) is 258 Å². The van der Waals surface area contributed by atoms with E-state index in [-0.39, 0.29) is 5.92 Å². The summed E-state index contributed by atoms with van der Waals surface area (Å²) in [5.41, 5.74) is 17.9. The zero-order valence-corrected chi connectivity index (χ0v) is 34.9. The Morgan fingerprint density at radius 3 is 1.60 bits per heavy atom. The van der Waals surface area contributed by atoms with Crippen LogP contribution >= 0.6 is 0 Å². The quantitative estimate of drug-likeness (QED) is 0.149. The van der Waals surface area contributed by atoms with Crippen LogP contribution in [0, 0.1) is 5.92 Å². The first-order valence-electron chi connectivity index (χ1n) is 22.0. The van der Waals surface area contributed by atoms with E-state index in [9.17, 15) is 0 Å². The standard InChI is InChI=1S/C61H44N2/c1-5-18-43(19-6-1)44-32-34-45(35-33-44)46-36-38-50(39-37-46)62(49-24-11-4-12-25-49)51-40-41-54-56(42-51)61(47-20-7-2-8-21-47,48-22-9-3-10-23-48)55-28-17-31-59(60(54)55)63-57-29-15-13-26-52(57)53-27-14-16-30-58(53)63/h1-22,24-42,48H,23H2. The third kappa shape index (κ3) is 5.94. The van der Waals surface area contributed by atoms with E-state index in [1.165, 1.54) is 77.6 Å². The highest BCUT2D eigenvalue weighted by Gasteiger charge is 2.50. The van der Waals surface area contributed by atoms with Crippen molar-refractivity contribution in [2.24, 2.45) is 5.92 Å². The normalized spacial score (nSPS) is 16.3. The van der Waals surface area contributed by atoms with Crippen molar-refractivity contribution >= 4 is 38.9 Å². The molecule has 12 rings (SSSR count). The molecular weight excluding hydrogens is 761 g/mol. The topological polar surface area (TPSA) is 8.17 Å². The molecule has 1 heterocycles. The van der Waals surface area contributed by atoms with Crippen LogP contribution in [-0.2, 0) is 5.41 Å². The lowest BCUT2D eigenvalue weighted by Gasteiger charge is -2.40. The zero-order valence-electron chi connectivity index (χ0n) is 34.9. The van der Waals surface area contributed by atoms with Crippen LogP contribution in [0.2, 0.25) is 0 Å². The molecule has 0 saturated carbocycles. The molecule has 10 aromatic rings. The first-order chi connectivity index (χ1) is 31.3. The van der Waals surface area contributed by atoms with Crippen LogP contribution in [0.15, 0.2) is 249 Å². The van der Waals surface area contributed by atoms with Gasteiger partial charge in [-0.05, 0) is 111 Å². The van der Waals surface area contributed by atoms with Crippen molar-refractivity contribution in [2.75, 3.05) is 4.90 Å². The molecule has 0 aliphatic heterocycles. The number of anilines is 3. The van der Waals surface area contributed by atoms with Gasteiger partial charge >= 0.3 is 0 Å². The van der Waals surface area contributed by atoms with Crippen molar-refractivity contribution in [3.05, 3.63) is 265 Å². The number of aromatic nitrogens is 1. The molecule has 2 aliphatic rings. The van der Waals surface area contributed by atoms with Crippen molar-refractivity contribution in [1.29, 1.82) is 0 Å². The van der Waals surface area contributed by atoms with Gasteiger partial charge in [0.15, 0.2) is 0 Å². The van der Waals surface area contributed by atoms with Gasteiger partial charge in [0.05, 0.1) is 22.1 Å². The third-order valence-electron chi connectivity index (χ3n) is 13.5. The SMILES string of the molecule is C1=CCC(C2(c3ccccc3)c3cc(N(c4ccccc4)c4ccc(-c5ccc(-c6ccccc6)cc5)cc4)ccc3-c3c(-n4c5ccccc5c5ccccc54)cccc32)C=C1. The van der Waals surface area contributed by atoms with Crippen molar-refractivity contribution in [1.82, 2.24) is 4.57 Å². The predicted molar refractivity (Wildman–Crippen MR) is 264 cm³/mol. The zero-order chi connectivity index (χ0) is 41.7. The molecule has 0 saturated heterocycles. The molecule has 2 heteroatoms. The van der Waals surface area contributed by atoms with Crippen LogP contribution in [0.3, 0.4) is 0 Å².